The molecular formula is C16H15F4N. The fourth-order valence-corrected chi connectivity index (χ4v) is 2.26. The monoisotopic (exact) mass is 297 g/mol. The highest BCUT2D eigenvalue weighted by atomic mass is 19.2. The maximum Gasteiger partial charge on any atom is 0.163 e. The number of benzene rings is 2. The van der Waals surface area contributed by atoms with Crippen LogP contribution in [-0.2, 0) is 0 Å². The Morgan fingerprint density at radius 2 is 1.48 bits per heavy atom. The second-order valence-corrected chi connectivity index (χ2v) is 4.92. The highest BCUT2D eigenvalue weighted by Gasteiger charge is 2.18. The average Bonchev–Trinajstić information content (AvgIpc) is 2.41. The highest BCUT2D eigenvalue weighted by Crippen LogP contribution is 2.24. The van der Waals surface area contributed by atoms with Crippen molar-refractivity contribution in [2.24, 2.45) is 0 Å². The minimum Gasteiger partial charge on any atom is -0.303 e. The number of rotatable bonds is 4. The molecule has 0 aliphatic heterocycles. The van der Waals surface area contributed by atoms with Gasteiger partial charge < -0.3 is 5.32 Å². The van der Waals surface area contributed by atoms with Crippen molar-refractivity contribution in [1.82, 2.24) is 5.32 Å². The molecule has 112 valence electrons. The number of halogens is 4. The van der Waals surface area contributed by atoms with Crippen LogP contribution in [0, 0.1) is 23.3 Å². The van der Waals surface area contributed by atoms with Gasteiger partial charge >= 0.3 is 0 Å². The molecule has 0 heterocycles. The fourth-order valence-electron chi connectivity index (χ4n) is 2.26. The van der Waals surface area contributed by atoms with Crippen LogP contribution in [0.2, 0.25) is 0 Å². The van der Waals surface area contributed by atoms with Crippen molar-refractivity contribution in [2.45, 2.75) is 25.9 Å². The van der Waals surface area contributed by atoms with Gasteiger partial charge in [0.25, 0.3) is 0 Å². The van der Waals surface area contributed by atoms with E-state index in [-0.39, 0.29) is 11.1 Å². The normalized spacial score (nSPS) is 14.0. The predicted octanol–water partition coefficient (Wildman–Crippen LogP) is 4.65. The Morgan fingerprint density at radius 3 is 2.14 bits per heavy atom. The van der Waals surface area contributed by atoms with Gasteiger partial charge in [0.1, 0.15) is 11.6 Å². The Bertz CT molecular complexity index is 642. The Kier molecular flexibility index (Phi) is 4.63. The van der Waals surface area contributed by atoms with Crippen molar-refractivity contribution >= 4 is 0 Å². The lowest BCUT2D eigenvalue weighted by Gasteiger charge is -2.21. The zero-order valence-corrected chi connectivity index (χ0v) is 11.6. The zero-order chi connectivity index (χ0) is 15.6. The van der Waals surface area contributed by atoms with Crippen molar-refractivity contribution < 1.29 is 17.6 Å². The Morgan fingerprint density at radius 1 is 0.810 bits per heavy atom. The second kappa shape index (κ2) is 6.26. The first-order valence-corrected chi connectivity index (χ1v) is 6.55. The summed E-state index contributed by atoms with van der Waals surface area (Å²) >= 11 is 0. The molecule has 0 bridgehead atoms. The molecule has 0 aliphatic carbocycles. The van der Waals surface area contributed by atoms with Crippen LogP contribution in [0.25, 0.3) is 0 Å². The van der Waals surface area contributed by atoms with Crippen LogP contribution < -0.4 is 5.32 Å². The third-order valence-electron chi connectivity index (χ3n) is 3.38. The Balaban J connectivity index is 2.18. The predicted molar refractivity (Wildman–Crippen MR) is 72.7 cm³/mol. The van der Waals surface area contributed by atoms with Crippen molar-refractivity contribution in [1.29, 1.82) is 0 Å². The highest BCUT2D eigenvalue weighted by molar-refractivity contribution is 5.25. The molecule has 0 aromatic heterocycles. The van der Waals surface area contributed by atoms with E-state index in [2.05, 4.69) is 5.32 Å². The molecule has 0 fully saturated rings. The molecule has 1 N–H and O–H groups in total. The Labute approximate surface area is 120 Å². The zero-order valence-electron chi connectivity index (χ0n) is 11.6. The molecule has 1 nitrogen and oxygen atoms in total. The summed E-state index contributed by atoms with van der Waals surface area (Å²) in [4.78, 5) is 0. The number of nitrogens with one attached hydrogen (secondary N) is 1. The van der Waals surface area contributed by atoms with Crippen LogP contribution in [0.5, 0.6) is 0 Å². The van der Waals surface area contributed by atoms with Gasteiger partial charge in [-0.25, -0.2) is 17.6 Å². The smallest absolute Gasteiger partial charge is 0.163 e. The van der Waals surface area contributed by atoms with Gasteiger partial charge in [-0.15, -0.1) is 0 Å². The summed E-state index contributed by atoms with van der Waals surface area (Å²) in [6, 6.07) is 6.18. The van der Waals surface area contributed by atoms with E-state index in [4.69, 9.17) is 0 Å². The van der Waals surface area contributed by atoms with Crippen LogP contribution in [0.4, 0.5) is 17.6 Å². The molecular weight excluding hydrogens is 282 g/mol. The van der Waals surface area contributed by atoms with Gasteiger partial charge in [-0.1, -0.05) is 18.2 Å². The summed E-state index contributed by atoms with van der Waals surface area (Å²) in [5.74, 6) is -3.19. The molecule has 5 heteroatoms. The van der Waals surface area contributed by atoms with E-state index >= 15 is 0 Å². The topological polar surface area (TPSA) is 12.0 Å². The molecule has 0 saturated carbocycles. The molecule has 0 radical (unpaired) electrons. The molecule has 0 aliphatic rings. The summed E-state index contributed by atoms with van der Waals surface area (Å²) in [6.45, 7) is 3.32. The van der Waals surface area contributed by atoms with Crippen molar-refractivity contribution in [3.63, 3.8) is 0 Å². The van der Waals surface area contributed by atoms with Crippen LogP contribution in [0.1, 0.15) is 37.1 Å². The summed E-state index contributed by atoms with van der Waals surface area (Å²) in [6.07, 6.45) is 0. The van der Waals surface area contributed by atoms with Gasteiger partial charge in [0.05, 0.1) is 0 Å². The van der Waals surface area contributed by atoms with Crippen LogP contribution in [0.3, 0.4) is 0 Å². The van der Waals surface area contributed by atoms with Gasteiger partial charge in [-0.05, 0) is 26.0 Å². The maximum absolute atomic E-state index is 13.7. The minimum absolute atomic E-state index is 0.157. The van der Waals surface area contributed by atoms with Gasteiger partial charge in [0.2, 0.25) is 0 Å². The lowest BCUT2D eigenvalue weighted by Crippen LogP contribution is -2.24. The van der Waals surface area contributed by atoms with E-state index < -0.39 is 35.4 Å². The molecule has 2 atom stereocenters. The van der Waals surface area contributed by atoms with Gasteiger partial charge in [0, 0.05) is 29.3 Å². The standard InChI is InChI=1S/C16H15F4N/c1-9(12-7-6-11(17)8-15(12)19)21-10(2)13-4-3-5-14(18)16(13)20/h3-10,21H,1-2H3. The van der Waals surface area contributed by atoms with Gasteiger partial charge in [-0.3, -0.25) is 0 Å². The first kappa shape index (κ1) is 15.5. The van der Waals surface area contributed by atoms with E-state index in [1.54, 1.807) is 13.8 Å². The van der Waals surface area contributed by atoms with Crippen LogP contribution in [-0.4, -0.2) is 0 Å². The SMILES string of the molecule is CC(NC(C)c1cccc(F)c1F)c1ccc(F)cc1F. The van der Waals surface area contributed by atoms with Crippen LogP contribution >= 0.6 is 0 Å². The third kappa shape index (κ3) is 3.42. The molecule has 2 aromatic carbocycles. The summed E-state index contributed by atoms with van der Waals surface area (Å²) < 4.78 is 53.5. The van der Waals surface area contributed by atoms with E-state index in [0.717, 1.165) is 18.2 Å². The van der Waals surface area contributed by atoms with Crippen molar-refractivity contribution in [2.75, 3.05) is 0 Å². The number of hydrogen-bond acceptors (Lipinski definition) is 1. The molecule has 2 aromatic rings. The summed E-state index contributed by atoms with van der Waals surface area (Å²) in [5, 5.41) is 2.97. The molecule has 2 unspecified atom stereocenters. The lowest BCUT2D eigenvalue weighted by atomic mass is 10.0. The Hall–Kier alpha value is -1.88. The second-order valence-electron chi connectivity index (χ2n) is 4.92. The lowest BCUT2D eigenvalue weighted by molar-refractivity contribution is 0.439. The van der Waals surface area contributed by atoms with Gasteiger partial charge in [-0.2, -0.15) is 0 Å². The van der Waals surface area contributed by atoms with E-state index in [1.165, 1.54) is 18.2 Å². The molecule has 0 saturated heterocycles. The van der Waals surface area contributed by atoms with Crippen molar-refractivity contribution in [3.05, 3.63) is 70.8 Å². The first-order chi connectivity index (χ1) is 9.90. The minimum atomic E-state index is -0.929. The molecule has 2 rings (SSSR count). The summed E-state index contributed by atoms with van der Waals surface area (Å²) in [5.41, 5.74) is 0.421. The van der Waals surface area contributed by atoms with Crippen molar-refractivity contribution in [3.8, 4) is 0 Å². The maximum atomic E-state index is 13.7. The van der Waals surface area contributed by atoms with E-state index in [1.807, 2.05) is 0 Å². The van der Waals surface area contributed by atoms with Crippen LogP contribution in [0.15, 0.2) is 36.4 Å². The van der Waals surface area contributed by atoms with E-state index in [9.17, 15) is 17.6 Å². The first-order valence-electron chi connectivity index (χ1n) is 6.55. The largest absolute Gasteiger partial charge is 0.303 e. The quantitative estimate of drug-likeness (QED) is 0.810. The number of hydrogen-bond donors (Lipinski definition) is 1. The van der Waals surface area contributed by atoms with E-state index in [0.29, 0.717) is 0 Å². The molecule has 0 spiro atoms. The summed E-state index contributed by atoms with van der Waals surface area (Å²) in [7, 11) is 0. The average molecular weight is 297 g/mol. The molecule has 0 amide bonds. The fraction of sp³-hybridized carbons (Fsp3) is 0.250. The van der Waals surface area contributed by atoms with Gasteiger partial charge in [0.15, 0.2) is 11.6 Å². The molecule has 21 heavy (non-hydrogen) atoms. The third-order valence-corrected chi connectivity index (χ3v) is 3.38.